The van der Waals surface area contributed by atoms with Crippen LogP contribution in [0, 0.1) is 11.7 Å². The van der Waals surface area contributed by atoms with E-state index in [1.54, 1.807) is 77.7 Å². The van der Waals surface area contributed by atoms with Gasteiger partial charge in [0, 0.05) is 41.4 Å². The SMILES string of the molecule is O=C(c1ccccc1)c1ccccc1N[C@@H](Cc1ccc(OCCCN(C(=O)C2CC2)c2ccc(F)cc2)cc1)C(=O)O. The van der Waals surface area contributed by atoms with Crippen LogP contribution in [0.2, 0.25) is 0 Å². The first kappa shape index (κ1) is 29.5. The van der Waals surface area contributed by atoms with Gasteiger partial charge in [0.05, 0.1) is 6.61 Å². The van der Waals surface area contributed by atoms with Crippen LogP contribution >= 0.6 is 0 Å². The van der Waals surface area contributed by atoms with Crippen LogP contribution < -0.4 is 15.0 Å². The van der Waals surface area contributed by atoms with Crippen LogP contribution in [-0.2, 0) is 16.0 Å². The van der Waals surface area contributed by atoms with Gasteiger partial charge in [-0.15, -0.1) is 0 Å². The van der Waals surface area contributed by atoms with Crippen LogP contribution in [0.15, 0.2) is 103 Å². The maximum Gasteiger partial charge on any atom is 0.326 e. The van der Waals surface area contributed by atoms with Crippen molar-refractivity contribution in [1.29, 1.82) is 0 Å². The lowest BCUT2D eigenvalue weighted by Gasteiger charge is -2.23. The second-order valence-corrected chi connectivity index (χ2v) is 10.6. The Bertz CT molecular complexity index is 1550. The molecule has 1 aliphatic rings. The predicted molar refractivity (Wildman–Crippen MR) is 163 cm³/mol. The van der Waals surface area contributed by atoms with E-state index in [0.29, 0.717) is 47.8 Å². The molecule has 0 unspecified atom stereocenters. The van der Waals surface area contributed by atoms with E-state index in [0.717, 1.165) is 18.4 Å². The first-order chi connectivity index (χ1) is 20.9. The topological polar surface area (TPSA) is 95.9 Å². The summed E-state index contributed by atoms with van der Waals surface area (Å²) in [6, 6.07) is 28.0. The molecule has 8 heteroatoms. The number of halogens is 1. The zero-order chi connectivity index (χ0) is 30.2. The van der Waals surface area contributed by atoms with Gasteiger partial charge in [0.25, 0.3) is 0 Å². The summed E-state index contributed by atoms with van der Waals surface area (Å²) in [4.78, 5) is 39.7. The van der Waals surface area contributed by atoms with Crippen molar-refractivity contribution in [3.63, 3.8) is 0 Å². The normalized spacial score (nSPS) is 13.1. The molecule has 1 saturated carbocycles. The monoisotopic (exact) mass is 580 g/mol. The van der Waals surface area contributed by atoms with Gasteiger partial charge in [-0.2, -0.15) is 0 Å². The van der Waals surface area contributed by atoms with Gasteiger partial charge in [-0.1, -0.05) is 54.6 Å². The number of carbonyl (C=O) groups excluding carboxylic acids is 2. The number of nitrogens with zero attached hydrogens (tertiary/aromatic N) is 1. The number of hydrogen-bond acceptors (Lipinski definition) is 5. The third kappa shape index (κ3) is 7.86. The number of aliphatic carboxylic acids is 1. The zero-order valence-electron chi connectivity index (χ0n) is 23.6. The maximum absolute atomic E-state index is 13.4. The lowest BCUT2D eigenvalue weighted by Crippen LogP contribution is -2.33. The highest BCUT2D eigenvalue weighted by Gasteiger charge is 2.34. The molecule has 0 aromatic heterocycles. The second kappa shape index (κ2) is 13.8. The number of benzene rings is 4. The van der Waals surface area contributed by atoms with E-state index in [1.165, 1.54) is 12.1 Å². The first-order valence-electron chi connectivity index (χ1n) is 14.4. The molecule has 1 atom stereocenters. The van der Waals surface area contributed by atoms with Crippen LogP contribution in [0.4, 0.5) is 15.8 Å². The van der Waals surface area contributed by atoms with Crippen molar-refractivity contribution in [2.75, 3.05) is 23.4 Å². The number of para-hydroxylation sites is 1. The summed E-state index contributed by atoms with van der Waals surface area (Å²) in [6.45, 7) is 0.833. The van der Waals surface area contributed by atoms with Crippen molar-refractivity contribution in [2.24, 2.45) is 5.92 Å². The fourth-order valence-electron chi connectivity index (χ4n) is 4.85. The van der Waals surface area contributed by atoms with Gasteiger partial charge in [0.1, 0.15) is 17.6 Å². The van der Waals surface area contributed by atoms with Crippen LogP contribution in [0.25, 0.3) is 0 Å². The van der Waals surface area contributed by atoms with Crippen molar-refractivity contribution in [3.8, 4) is 5.75 Å². The Morgan fingerprint density at radius 3 is 2.23 bits per heavy atom. The number of anilines is 2. The number of ether oxygens (including phenoxy) is 1. The van der Waals surface area contributed by atoms with Crippen LogP contribution in [-0.4, -0.2) is 42.0 Å². The molecule has 0 bridgehead atoms. The first-order valence-corrected chi connectivity index (χ1v) is 14.4. The largest absolute Gasteiger partial charge is 0.494 e. The number of nitrogens with one attached hydrogen (secondary N) is 1. The molecule has 0 spiro atoms. The number of rotatable bonds is 14. The van der Waals surface area contributed by atoms with Crippen LogP contribution in [0.3, 0.4) is 0 Å². The van der Waals surface area contributed by atoms with E-state index in [1.807, 2.05) is 18.2 Å². The molecule has 0 saturated heterocycles. The number of carboxylic acid groups (broad SMARTS) is 1. The lowest BCUT2D eigenvalue weighted by atomic mass is 10.00. The Morgan fingerprint density at radius 2 is 1.56 bits per heavy atom. The van der Waals surface area contributed by atoms with Crippen molar-refractivity contribution in [2.45, 2.75) is 31.7 Å². The Kier molecular flexibility index (Phi) is 9.46. The molecule has 0 radical (unpaired) electrons. The highest BCUT2D eigenvalue weighted by molar-refractivity contribution is 6.12. The summed E-state index contributed by atoms with van der Waals surface area (Å²) in [7, 11) is 0. The molecule has 1 aliphatic carbocycles. The number of ketones is 1. The highest BCUT2D eigenvalue weighted by Crippen LogP contribution is 2.33. The molecule has 2 N–H and O–H groups in total. The zero-order valence-corrected chi connectivity index (χ0v) is 23.6. The fraction of sp³-hybridized carbons (Fsp3) is 0.229. The maximum atomic E-state index is 13.4. The minimum absolute atomic E-state index is 0.0421. The van der Waals surface area contributed by atoms with E-state index in [2.05, 4.69) is 5.32 Å². The van der Waals surface area contributed by atoms with E-state index in [-0.39, 0.29) is 29.8 Å². The molecule has 4 aromatic rings. The lowest BCUT2D eigenvalue weighted by molar-refractivity contribution is -0.137. The third-order valence-corrected chi connectivity index (χ3v) is 7.32. The van der Waals surface area contributed by atoms with Crippen LogP contribution in [0.1, 0.15) is 40.7 Å². The minimum Gasteiger partial charge on any atom is -0.494 e. The molecule has 43 heavy (non-hydrogen) atoms. The molecule has 4 aromatic carbocycles. The van der Waals surface area contributed by atoms with Gasteiger partial charge in [-0.25, -0.2) is 9.18 Å². The predicted octanol–water partition coefficient (Wildman–Crippen LogP) is 6.38. The average molecular weight is 581 g/mol. The molecule has 1 fully saturated rings. The van der Waals surface area contributed by atoms with Crippen molar-refractivity contribution < 1.29 is 28.6 Å². The number of carbonyl (C=O) groups is 3. The summed E-state index contributed by atoms with van der Waals surface area (Å²) >= 11 is 0. The van der Waals surface area contributed by atoms with Gasteiger partial charge in [-0.3, -0.25) is 9.59 Å². The van der Waals surface area contributed by atoms with E-state index in [9.17, 15) is 23.9 Å². The van der Waals surface area contributed by atoms with E-state index < -0.39 is 12.0 Å². The number of amides is 1. The Morgan fingerprint density at radius 1 is 0.884 bits per heavy atom. The number of hydrogen-bond donors (Lipinski definition) is 2. The van der Waals surface area contributed by atoms with Crippen molar-refractivity contribution >= 4 is 29.0 Å². The molecule has 220 valence electrons. The molecule has 5 rings (SSSR count). The van der Waals surface area contributed by atoms with Gasteiger partial charge in [0.2, 0.25) is 5.91 Å². The van der Waals surface area contributed by atoms with Crippen molar-refractivity contribution in [3.05, 3.63) is 126 Å². The van der Waals surface area contributed by atoms with E-state index in [4.69, 9.17) is 4.74 Å². The summed E-state index contributed by atoms with van der Waals surface area (Å²) in [6.07, 6.45) is 2.55. The second-order valence-electron chi connectivity index (χ2n) is 10.6. The molecule has 0 aliphatic heterocycles. The Labute approximate surface area is 249 Å². The standard InChI is InChI=1S/C35H33FN2O5/c36-27-15-17-28(18-16-27)38(34(40)26-13-14-26)21-6-22-43-29-19-11-24(12-20-29)23-32(35(41)42)37-31-10-5-4-9-30(31)33(39)25-7-2-1-3-8-25/h1-5,7-12,15-20,26,32,37H,6,13-14,21-23H2,(H,41,42)/t32-/m0/s1. The summed E-state index contributed by atoms with van der Waals surface area (Å²) in [5, 5.41) is 13.0. The number of carboxylic acids is 1. The molecule has 1 amide bonds. The summed E-state index contributed by atoms with van der Waals surface area (Å²) in [5.74, 6) is -0.835. The van der Waals surface area contributed by atoms with Gasteiger partial charge >= 0.3 is 5.97 Å². The molecular formula is C35H33FN2O5. The third-order valence-electron chi connectivity index (χ3n) is 7.32. The summed E-state index contributed by atoms with van der Waals surface area (Å²) < 4.78 is 19.3. The van der Waals surface area contributed by atoms with E-state index >= 15 is 0 Å². The average Bonchev–Trinajstić information content (AvgIpc) is 3.88. The van der Waals surface area contributed by atoms with Crippen LogP contribution in [0.5, 0.6) is 5.75 Å². The van der Waals surface area contributed by atoms with Gasteiger partial charge in [-0.05, 0) is 73.4 Å². The smallest absolute Gasteiger partial charge is 0.326 e. The Hall–Kier alpha value is -4.98. The Balaban J connectivity index is 1.16. The minimum atomic E-state index is -1.03. The van der Waals surface area contributed by atoms with Crippen molar-refractivity contribution in [1.82, 2.24) is 0 Å². The fourth-order valence-corrected chi connectivity index (χ4v) is 4.85. The quantitative estimate of drug-likeness (QED) is 0.133. The highest BCUT2D eigenvalue weighted by atomic mass is 19.1. The summed E-state index contributed by atoms with van der Waals surface area (Å²) in [5.41, 5.74) is 2.85. The van der Waals surface area contributed by atoms with Gasteiger partial charge < -0.3 is 20.1 Å². The molecule has 7 nitrogen and oxygen atoms in total. The molecular weight excluding hydrogens is 547 g/mol. The van der Waals surface area contributed by atoms with Gasteiger partial charge in [0.15, 0.2) is 5.78 Å². The molecule has 0 heterocycles.